The van der Waals surface area contributed by atoms with E-state index in [1.54, 1.807) is 6.20 Å². The van der Waals surface area contributed by atoms with Gasteiger partial charge >= 0.3 is 0 Å². The molecule has 1 aromatic rings. The van der Waals surface area contributed by atoms with Crippen LogP contribution < -0.4 is 10.5 Å². The van der Waals surface area contributed by atoms with Crippen molar-refractivity contribution in [1.82, 2.24) is 9.88 Å². The molecule has 1 aliphatic heterocycles. The number of alkyl halides is 1. The highest BCUT2D eigenvalue weighted by Crippen LogP contribution is 2.27. The fourth-order valence-corrected chi connectivity index (χ4v) is 3.01. The fourth-order valence-electron chi connectivity index (χ4n) is 3.01. The quantitative estimate of drug-likeness (QED) is 0.875. The topological polar surface area (TPSA) is 51.4 Å². The molecule has 4 nitrogen and oxygen atoms in total. The van der Waals surface area contributed by atoms with Crippen LogP contribution in [0.15, 0.2) is 18.5 Å². The summed E-state index contributed by atoms with van der Waals surface area (Å²) in [5.41, 5.74) is 7.13. The summed E-state index contributed by atoms with van der Waals surface area (Å²) in [7, 11) is 0. The molecular formula is C16H26FN3O. The van der Waals surface area contributed by atoms with Crippen molar-refractivity contribution in [3.63, 3.8) is 0 Å². The third kappa shape index (κ3) is 4.38. The van der Waals surface area contributed by atoms with Gasteiger partial charge in [-0.05, 0) is 24.8 Å². The first-order valence-corrected chi connectivity index (χ1v) is 7.73. The van der Waals surface area contributed by atoms with E-state index in [-0.39, 0.29) is 6.61 Å². The third-order valence-electron chi connectivity index (χ3n) is 4.14. The molecule has 0 amide bonds. The van der Waals surface area contributed by atoms with Gasteiger partial charge in [0.05, 0.1) is 0 Å². The highest BCUT2D eigenvalue weighted by Gasteiger charge is 2.29. The van der Waals surface area contributed by atoms with Crippen LogP contribution in [0, 0.1) is 5.92 Å². The van der Waals surface area contributed by atoms with E-state index in [4.69, 9.17) is 10.5 Å². The molecule has 0 radical (unpaired) electrons. The van der Waals surface area contributed by atoms with Crippen LogP contribution >= 0.6 is 0 Å². The molecular weight excluding hydrogens is 269 g/mol. The Kier molecular flexibility index (Phi) is 5.94. The molecule has 1 saturated heterocycles. The second-order valence-corrected chi connectivity index (χ2v) is 6.09. The Morgan fingerprint density at radius 3 is 3.05 bits per heavy atom. The van der Waals surface area contributed by atoms with Crippen LogP contribution in [0.3, 0.4) is 0 Å². The van der Waals surface area contributed by atoms with E-state index in [2.05, 4.69) is 23.7 Å². The van der Waals surface area contributed by atoms with E-state index in [9.17, 15) is 4.39 Å². The molecule has 21 heavy (non-hydrogen) atoms. The van der Waals surface area contributed by atoms with Crippen molar-refractivity contribution in [1.29, 1.82) is 0 Å². The zero-order valence-corrected chi connectivity index (χ0v) is 13.0. The average Bonchev–Trinajstić information content (AvgIpc) is 2.48. The largest absolute Gasteiger partial charge is 0.490 e. The van der Waals surface area contributed by atoms with Gasteiger partial charge in [-0.25, -0.2) is 4.39 Å². The van der Waals surface area contributed by atoms with Crippen molar-refractivity contribution in [2.75, 3.05) is 19.8 Å². The molecule has 2 N–H and O–H groups in total. The first-order valence-electron chi connectivity index (χ1n) is 7.73. The van der Waals surface area contributed by atoms with Gasteiger partial charge in [-0.15, -0.1) is 0 Å². The summed E-state index contributed by atoms with van der Waals surface area (Å²) in [5.74, 6) is 1.29. The van der Waals surface area contributed by atoms with Crippen LogP contribution in [-0.2, 0) is 6.54 Å². The maximum absolute atomic E-state index is 12.3. The summed E-state index contributed by atoms with van der Waals surface area (Å²) in [6.07, 6.45) is 5.55. The van der Waals surface area contributed by atoms with Crippen LogP contribution in [0.5, 0.6) is 5.75 Å². The first-order chi connectivity index (χ1) is 10.1. The number of ether oxygens (including phenoxy) is 1. The normalized spacial score (nSPS) is 23.5. The van der Waals surface area contributed by atoms with E-state index < -0.39 is 6.67 Å². The number of aromatic nitrogens is 1. The fraction of sp³-hybridized carbons (Fsp3) is 0.688. The molecule has 2 atom stereocenters. The van der Waals surface area contributed by atoms with E-state index in [0.29, 0.717) is 18.0 Å². The van der Waals surface area contributed by atoms with Crippen molar-refractivity contribution >= 4 is 0 Å². The molecule has 0 bridgehead atoms. The molecule has 1 fully saturated rings. The van der Waals surface area contributed by atoms with E-state index in [1.807, 2.05) is 12.3 Å². The molecule has 0 saturated carbocycles. The summed E-state index contributed by atoms with van der Waals surface area (Å²) in [4.78, 5) is 6.63. The van der Waals surface area contributed by atoms with Gasteiger partial charge in [0.25, 0.3) is 0 Å². The Labute approximate surface area is 126 Å². The summed E-state index contributed by atoms with van der Waals surface area (Å²) < 4.78 is 17.8. The van der Waals surface area contributed by atoms with Crippen molar-refractivity contribution < 1.29 is 9.13 Å². The van der Waals surface area contributed by atoms with Gasteiger partial charge in [0.15, 0.2) is 0 Å². The predicted octanol–water partition coefficient (Wildman–Crippen LogP) is 2.38. The second-order valence-electron chi connectivity index (χ2n) is 6.09. The molecule has 0 spiro atoms. The lowest BCUT2D eigenvalue weighted by Gasteiger charge is -2.40. The SMILES string of the molecule is CC(C)C1CC(N)CCN1Cc1cnccc1OCCF. The number of nitrogens with zero attached hydrogens (tertiary/aromatic N) is 2. The van der Waals surface area contributed by atoms with Gasteiger partial charge in [-0.2, -0.15) is 0 Å². The first kappa shape index (κ1) is 16.2. The van der Waals surface area contributed by atoms with Crippen LogP contribution in [0.25, 0.3) is 0 Å². The molecule has 1 aromatic heterocycles. The minimum absolute atomic E-state index is 0.0928. The standard InChI is InChI=1S/C16H26FN3O/c1-12(2)15-9-14(18)4-7-20(15)11-13-10-19-6-3-16(13)21-8-5-17/h3,6,10,12,14-15H,4-5,7-9,11,18H2,1-2H3. The molecule has 2 rings (SSSR count). The second kappa shape index (κ2) is 7.71. The van der Waals surface area contributed by atoms with Crippen LogP contribution in [0.4, 0.5) is 4.39 Å². The number of piperidine rings is 1. The number of nitrogens with two attached hydrogens (primary N) is 1. The average molecular weight is 295 g/mol. The third-order valence-corrected chi connectivity index (χ3v) is 4.14. The monoisotopic (exact) mass is 295 g/mol. The Balaban J connectivity index is 2.09. The van der Waals surface area contributed by atoms with Gasteiger partial charge in [-0.1, -0.05) is 13.8 Å². The highest BCUT2D eigenvalue weighted by atomic mass is 19.1. The van der Waals surface area contributed by atoms with Crippen molar-refractivity contribution in [3.8, 4) is 5.75 Å². The molecule has 0 aliphatic carbocycles. The number of halogens is 1. The lowest BCUT2D eigenvalue weighted by Crippen LogP contribution is -2.48. The number of hydrogen-bond donors (Lipinski definition) is 1. The Bertz CT molecular complexity index is 441. The smallest absolute Gasteiger partial charge is 0.127 e. The summed E-state index contributed by atoms with van der Waals surface area (Å²) >= 11 is 0. The lowest BCUT2D eigenvalue weighted by atomic mass is 9.89. The Morgan fingerprint density at radius 1 is 1.52 bits per heavy atom. The van der Waals surface area contributed by atoms with Crippen molar-refractivity contribution in [2.45, 2.75) is 45.3 Å². The number of pyridine rings is 1. The van der Waals surface area contributed by atoms with Gasteiger partial charge in [0.2, 0.25) is 0 Å². The van der Waals surface area contributed by atoms with E-state index in [0.717, 1.165) is 37.2 Å². The highest BCUT2D eigenvalue weighted by molar-refractivity contribution is 5.30. The Hall–Kier alpha value is -1.20. The number of likely N-dealkylation sites (tertiary alicyclic amines) is 1. The molecule has 2 unspecified atom stereocenters. The van der Waals surface area contributed by atoms with Crippen molar-refractivity contribution in [3.05, 3.63) is 24.0 Å². The van der Waals surface area contributed by atoms with Gasteiger partial charge in [-0.3, -0.25) is 9.88 Å². The Morgan fingerprint density at radius 2 is 2.33 bits per heavy atom. The van der Waals surface area contributed by atoms with Crippen LogP contribution in [0.2, 0.25) is 0 Å². The van der Waals surface area contributed by atoms with E-state index in [1.165, 1.54) is 0 Å². The van der Waals surface area contributed by atoms with Crippen LogP contribution in [-0.4, -0.2) is 41.8 Å². The molecule has 0 aromatic carbocycles. The van der Waals surface area contributed by atoms with E-state index >= 15 is 0 Å². The number of hydrogen-bond acceptors (Lipinski definition) is 4. The molecule has 118 valence electrons. The molecule has 5 heteroatoms. The minimum atomic E-state index is -0.477. The summed E-state index contributed by atoms with van der Waals surface area (Å²) in [5, 5.41) is 0. The van der Waals surface area contributed by atoms with Crippen LogP contribution in [0.1, 0.15) is 32.3 Å². The summed E-state index contributed by atoms with van der Waals surface area (Å²) in [6.45, 7) is 5.86. The zero-order chi connectivity index (χ0) is 15.2. The lowest BCUT2D eigenvalue weighted by molar-refractivity contribution is 0.0926. The maximum atomic E-state index is 12.3. The maximum Gasteiger partial charge on any atom is 0.127 e. The molecule has 2 heterocycles. The predicted molar refractivity (Wildman–Crippen MR) is 82.0 cm³/mol. The zero-order valence-electron chi connectivity index (χ0n) is 13.0. The van der Waals surface area contributed by atoms with Gasteiger partial charge in [0, 0.05) is 43.1 Å². The molecule has 1 aliphatic rings. The number of rotatable bonds is 6. The van der Waals surface area contributed by atoms with Gasteiger partial charge < -0.3 is 10.5 Å². The minimum Gasteiger partial charge on any atom is -0.490 e. The van der Waals surface area contributed by atoms with Gasteiger partial charge in [0.1, 0.15) is 19.0 Å². The van der Waals surface area contributed by atoms with Crippen molar-refractivity contribution in [2.24, 2.45) is 11.7 Å². The summed E-state index contributed by atoms with van der Waals surface area (Å²) in [6, 6.07) is 2.58.